The maximum atomic E-state index is 10.3. The van der Waals surface area contributed by atoms with Crippen molar-refractivity contribution in [1.82, 2.24) is 9.94 Å². The Labute approximate surface area is 78.7 Å². The van der Waals surface area contributed by atoms with E-state index in [1.807, 2.05) is 0 Å². The molecular formula is C3HN5O7. The van der Waals surface area contributed by atoms with E-state index in [4.69, 9.17) is 5.21 Å². The summed E-state index contributed by atoms with van der Waals surface area (Å²) >= 11 is 0. The summed E-state index contributed by atoms with van der Waals surface area (Å²) in [5.74, 6) is -2.86. The zero-order chi connectivity index (χ0) is 11.7. The van der Waals surface area contributed by atoms with Gasteiger partial charge in [0.1, 0.15) is 0 Å². The molecule has 1 rings (SSSR count). The number of hydrogen-bond acceptors (Lipinski definition) is 8. The first-order chi connectivity index (χ1) is 6.86. The molecule has 0 aromatic carbocycles. The minimum Gasteiger partial charge on any atom is -0.358 e. The van der Waals surface area contributed by atoms with Crippen molar-refractivity contribution in [1.29, 1.82) is 0 Å². The lowest BCUT2D eigenvalue weighted by Crippen LogP contribution is -2.01. The molecule has 0 unspecified atom stereocenters. The Hall–Kier alpha value is -2.79. The Morgan fingerprint density at radius 2 is 1.60 bits per heavy atom. The van der Waals surface area contributed by atoms with Crippen LogP contribution in [-0.4, -0.2) is 29.9 Å². The van der Waals surface area contributed by atoms with E-state index in [0.717, 1.165) is 0 Å². The van der Waals surface area contributed by atoms with E-state index in [0.29, 0.717) is 0 Å². The van der Waals surface area contributed by atoms with Gasteiger partial charge in [0.25, 0.3) is 0 Å². The van der Waals surface area contributed by atoms with Crippen molar-refractivity contribution in [3.63, 3.8) is 0 Å². The van der Waals surface area contributed by atoms with Crippen LogP contribution >= 0.6 is 0 Å². The highest BCUT2D eigenvalue weighted by Gasteiger charge is 2.47. The predicted molar refractivity (Wildman–Crippen MR) is 39.4 cm³/mol. The summed E-state index contributed by atoms with van der Waals surface area (Å²) in [5.41, 5.74) is -1.47. The van der Waals surface area contributed by atoms with Crippen molar-refractivity contribution < 1.29 is 20.0 Å². The molecule has 1 heterocycles. The first-order valence-electron chi connectivity index (χ1n) is 3.11. The molecule has 0 saturated heterocycles. The Bertz CT molecular complexity index is 461. The molecule has 1 N–H and O–H groups in total. The van der Waals surface area contributed by atoms with Gasteiger partial charge in [0.05, 0.1) is 4.92 Å². The van der Waals surface area contributed by atoms with Crippen molar-refractivity contribution in [2.24, 2.45) is 0 Å². The summed E-state index contributed by atoms with van der Waals surface area (Å²) < 4.78 is 0. The Kier molecular flexibility index (Phi) is 2.17. The Morgan fingerprint density at radius 3 is 1.93 bits per heavy atom. The molecule has 0 atom stereocenters. The van der Waals surface area contributed by atoms with Crippen LogP contribution in [0.15, 0.2) is 0 Å². The van der Waals surface area contributed by atoms with E-state index in [1.54, 1.807) is 0 Å². The molecule has 0 fully saturated rings. The van der Waals surface area contributed by atoms with Gasteiger partial charge in [-0.05, 0) is 9.85 Å². The van der Waals surface area contributed by atoms with Gasteiger partial charge in [-0.15, -0.1) is 0 Å². The average molecular weight is 219 g/mol. The van der Waals surface area contributed by atoms with Gasteiger partial charge in [0.15, 0.2) is 4.85 Å². The van der Waals surface area contributed by atoms with Gasteiger partial charge in [-0.2, -0.15) is 0 Å². The SMILES string of the molecule is O=[N+]([O-])c1nn(O)c([N+](=O)[O-])c1[N+](=O)[O-]. The monoisotopic (exact) mass is 219 g/mol. The molecule has 0 radical (unpaired) electrons. The molecule has 12 nitrogen and oxygen atoms in total. The molecule has 15 heavy (non-hydrogen) atoms. The fraction of sp³-hybridized carbons (Fsp3) is 0. The van der Waals surface area contributed by atoms with Gasteiger partial charge in [-0.25, -0.2) is 0 Å². The molecule has 0 amide bonds. The van der Waals surface area contributed by atoms with Crippen molar-refractivity contribution in [2.45, 2.75) is 0 Å². The molecule has 0 spiro atoms. The minimum atomic E-state index is -1.47. The van der Waals surface area contributed by atoms with E-state index < -0.39 is 36.9 Å². The predicted octanol–water partition coefficient (Wildman–Crippen LogP) is -0.155. The molecule has 1 aromatic rings. The Balaban J connectivity index is 3.59. The minimum absolute atomic E-state index is 0.518. The van der Waals surface area contributed by atoms with E-state index in [9.17, 15) is 30.3 Å². The summed E-state index contributed by atoms with van der Waals surface area (Å²) in [4.78, 5) is 26.2. The van der Waals surface area contributed by atoms with Crippen LogP contribution in [0.4, 0.5) is 17.3 Å². The maximum absolute atomic E-state index is 10.3. The van der Waals surface area contributed by atoms with E-state index >= 15 is 0 Å². The first kappa shape index (κ1) is 10.3. The zero-order valence-corrected chi connectivity index (χ0v) is 6.63. The number of hydrogen-bond donors (Lipinski definition) is 1. The highest BCUT2D eigenvalue weighted by Crippen LogP contribution is 2.34. The van der Waals surface area contributed by atoms with Gasteiger partial charge in [0.2, 0.25) is 5.10 Å². The van der Waals surface area contributed by atoms with Gasteiger partial charge in [0, 0.05) is 0 Å². The molecular weight excluding hydrogens is 218 g/mol. The molecule has 1 aromatic heterocycles. The van der Waals surface area contributed by atoms with Gasteiger partial charge >= 0.3 is 17.3 Å². The number of aromatic nitrogens is 2. The average Bonchev–Trinajstić information content (AvgIpc) is 2.42. The normalized spacial score (nSPS) is 9.87. The number of rotatable bonds is 3. The number of nitro groups is 3. The van der Waals surface area contributed by atoms with Crippen molar-refractivity contribution >= 4 is 17.3 Å². The molecule has 0 saturated carbocycles. The van der Waals surface area contributed by atoms with Crippen LogP contribution in [0.5, 0.6) is 0 Å². The van der Waals surface area contributed by atoms with Crippen LogP contribution < -0.4 is 0 Å². The third kappa shape index (κ3) is 1.50. The smallest absolute Gasteiger partial charge is 0.358 e. The molecule has 0 aliphatic carbocycles. The second-order valence-corrected chi connectivity index (χ2v) is 2.16. The van der Waals surface area contributed by atoms with Crippen LogP contribution in [0.3, 0.4) is 0 Å². The van der Waals surface area contributed by atoms with Crippen LogP contribution in [0.1, 0.15) is 0 Å². The Morgan fingerprint density at radius 1 is 1.07 bits per heavy atom. The number of nitrogens with zero attached hydrogens (tertiary/aromatic N) is 5. The van der Waals surface area contributed by atoms with Crippen LogP contribution in [0.2, 0.25) is 0 Å². The van der Waals surface area contributed by atoms with E-state index in [1.165, 1.54) is 0 Å². The largest absolute Gasteiger partial charge is 0.503 e. The van der Waals surface area contributed by atoms with Gasteiger partial charge < -0.3 is 25.4 Å². The zero-order valence-electron chi connectivity index (χ0n) is 6.63. The maximum Gasteiger partial charge on any atom is 0.503 e. The van der Waals surface area contributed by atoms with Crippen molar-refractivity contribution in [2.75, 3.05) is 0 Å². The third-order valence-corrected chi connectivity index (χ3v) is 1.33. The van der Waals surface area contributed by atoms with Gasteiger partial charge in [-0.1, -0.05) is 0 Å². The summed E-state index contributed by atoms with van der Waals surface area (Å²) in [7, 11) is 0. The summed E-state index contributed by atoms with van der Waals surface area (Å²) in [6.45, 7) is 0. The van der Waals surface area contributed by atoms with E-state index in [2.05, 4.69) is 5.10 Å². The van der Waals surface area contributed by atoms with Crippen molar-refractivity contribution in [3.8, 4) is 0 Å². The highest BCUT2D eigenvalue weighted by atomic mass is 16.7. The standard InChI is InChI=1S/C3HN5O7/c9-5-3(8(14)15)1(6(10)11)2(4-5)7(12)13/h9H. The lowest BCUT2D eigenvalue weighted by molar-refractivity contribution is -0.442. The first-order valence-corrected chi connectivity index (χ1v) is 3.11. The summed E-state index contributed by atoms with van der Waals surface area (Å²) in [6.07, 6.45) is 0. The van der Waals surface area contributed by atoms with Crippen LogP contribution in [0, 0.1) is 30.3 Å². The van der Waals surface area contributed by atoms with Crippen molar-refractivity contribution in [3.05, 3.63) is 30.3 Å². The molecule has 0 aliphatic rings. The molecule has 0 bridgehead atoms. The fourth-order valence-electron chi connectivity index (χ4n) is 0.825. The lowest BCUT2D eigenvalue weighted by Gasteiger charge is -1.88. The second kappa shape index (κ2) is 3.17. The van der Waals surface area contributed by atoms with Crippen LogP contribution in [0.25, 0.3) is 0 Å². The van der Waals surface area contributed by atoms with Crippen LogP contribution in [-0.2, 0) is 0 Å². The quantitative estimate of drug-likeness (QED) is 0.415. The highest BCUT2D eigenvalue weighted by molar-refractivity contribution is 5.58. The topological polar surface area (TPSA) is 167 Å². The van der Waals surface area contributed by atoms with Gasteiger partial charge in [-0.3, -0.25) is 10.1 Å². The molecule has 0 aliphatic heterocycles. The second-order valence-electron chi connectivity index (χ2n) is 2.16. The molecule has 80 valence electrons. The fourth-order valence-corrected chi connectivity index (χ4v) is 0.825. The molecule has 12 heteroatoms. The lowest BCUT2D eigenvalue weighted by atomic mass is 10.5. The summed E-state index contributed by atoms with van der Waals surface area (Å²) in [5, 5.41) is 42.1. The summed E-state index contributed by atoms with van der Waals surface area (Å²) in [6, 6.07) is 0. The van der Waals surface area contributed by atoms with E-state index in [-0.39, 0.29) is 0 Å². The third-order valence-electron chi connectivity index (χ3n) is 1.33.